The average molecular weight is 319 g/mol. The maximum absolute atomic E-state index is 12.3. The first kappa shape index (κ1) is 17.4. The van der Waals surface area contributed by atoms with Crippen LogP contribution in [0.5, 0.6) is 5.75 Å². The molecule has 0 heterocycles. The van der Waals surface area contributed by atoms with Gasteiger partial charge in [-0.05, 0) is 18.2 Å². The van der Waals surface area contributed by atoms with E-state index in [0.29, 0.717) is 0 Å². The van der Waals surface area contributed by atoms with Crippen molar-refractivity contribution in [3.63, 3.8) is 0 Å². The molecule has 0 aliphatic carbocycles. The second-order valence-corrected chi connectivity index (χ2v) is 5.81. The van der Waals surface area contributed by atoms with E-state index in [1.807, 2.05) is 0 Å². The number of rotatable bonds is 8. The molecule has 0 aliphatic rings. The SMILES string of the molecule is COCC(CO)NS(=O)(=O)c1cc(C(=O)O)ccc1OC. The van der Waals surface area contributed by atoms with Crippen LogP contribution in [0.1, 0.15) is 10.4 Å². The second-order valence-electron chi connectivity index (χ2n) is 4.13. The smallest absolute Gasteiger partial charge is 0.335 e. The van der Waals surface area contributed by atoms with E-state index in [-0.39, 0.29) is 22.8 Å². The molecule has 0 fully saturated rings. The minimum Gasteiger partial charge on any atom is -0.495 e. The normalized spacial score (nSPS) is 12.9. The molecular formula is C12H17NO7S. The molecule has 0 aromatic heterocycles. The van der Waals surface area contributed by atoms with Gasteiger partial charge in [-0.3, -0.25) is 0 Å². The molecule has 0 bridgehead atoms. The van der Waals surface area contributed by atoms with Crippen LogP contribution in [0.3, 0.4) is 0 Å². The van der Waals surface area contributed by atoms with Crippen molar-refractivity contribution in [2.75, 3.05) is 27.4 Å². The molecule has 21 heavy (non-hydrogen) atoms. The summed E-state index contributed by atoms with van der Waals surface area (Å²) >= 11 is 0. The molecule has 0 saturated heterocycles. The molecule has 3 N–H and O–H groups in total. The molecule has 1 atom stereocenters. The van der Waals surface area contributed by atoms with Crippen molar-refractivity contribution >= 4 is 16.0 Å². The summed E-state index contributed by atoms with van der Waals surface area (Å²) in [6.07, 6.45) is 0. The predicted octanol–water partition coefficient (Wildman–Crippen LogP) is -0.321. The van der Waals surface area contributed by atoms with Crippen LogP contribution in [0.2, 0.25) is 0 Å². The lowest BCUT2D eigenvalue weighted by Crippen LogP contribution is -2.40. The lowest BCUT2D eigenvalue weighted by Gasteiger charge is -2.17. The topological polar surface area (TPSA) is 122 Å². The van der Waals surface area contributed by atoms with Crippen molar-refractivity contribution in [3.05, 3.63) is 23.8 Å². The van der Waals surface area contributed by atoms with Gasteiger partial charge in [-0.15, -0.1) is 0 Å². The molecule has 0 amide bonds. The van der Waals surface area contributed by atoms with Crippen LogP contribution >= 0.6 is 0 Å². The minimum absolute atomic E-state index is 0.00149. The molecule has 1 rings (SSSR count). The van der Waals surface area contributed by atoms with Gasteiger partial charge in [0.15, 0.2) is 0 Å². The summed E-state index contributed by atoms with van der Waals surface area (Å²) < 4.78 is 36.5. The van der Waals surface area contributed by atoms with Crippen LogP contribution in [0.25, 0.3) is 0 Å². The number of carbonyl (C=O) groups is 1. The molecule has 0 saturated carbocycles. The van der Waals surface area contributed by atoms with Crippen LogP contribution < -0.4 is 9.46 Å². The number of sulfonamides is 1. The molecule has 0 radical (unpaired) electrons. The Morgan fingerprint density at radius 1 is 1.38 bits per heavy atom. The van der Waals surface area contributed by atoms with E-state index < -0.39 is 28.6 Å². The zero-order valence-electron chi connectivity index (χ0n) is 11.6. The van der Waals surface area contributed by atoms with E-state index in [0.717, 1.165) is 6.07 Å². The fourth-order valence-corrected chi connectivity index (χ4v) is 3.03. The van der Waals surface area contributed by atoms with Gasteiger partial charge in [0.2, 0.25) is 10.0 Å². The fraction of sp³-hybridized carbons (Fsp3) is 0.417. The summed E-state index contributed by atoms with van der Waals surface area (Å²) in [7, 11) is -1.44. The average Bonchev–Trinajstić information content (AvgIpc) is 2.45. The number of hydrogen-bond donors (Lipinski definition) is 3. The largest absolute Gasteiger partial charge is 0.495 e. The number of aliphatic hydroxyl groups is 1. The maximum atomic E-state index is 12.3. The van der Waals surface area contributed by atoms with Gasteiger partial charge in [-0.1, -0.05) is 0 Å². The number of benzene rings is 1. The third-order valence-corrected chi connectivity index (χ3v) is 4.15. The maximum Gasteiger partial charge on any atom is 0.335 e. The van der Waals surface area contributed by atoms with Gasteiger partial charge in [-0.25, -0.2) is 17.9 Å². The van der Waals surface area contributed by atoms with E-state index in [1.165, 1.54) is 26.4 Å². The summed E-state index contributed by atoms with van der Waals surface area (Å²) in [5.41, 5.74) is -0.191. The summed E-state index contributed by atoms with van der Waals surface area (Å²) in [6.45, 7) is -0.495. The van der Waals surface area contributed by atoms with Crippen molar-refractivity contribution in [2.45, 2.75) is 10.9 Å². The predicted molar refractivity (Wildman–Crippen MR) is 73.0 cm³/mol. The monoisotopic (exact) mass is 319 g/mol. The molecule has 1 aromatic rings. The Morgan fingerprint density at radius 3 is 2.52 bits per heavy atom. The molecular weight excluding hydrogens is 302 g/mol. The number of carboxylic acid groups (broad SMARTS) is 1. The van der Waals surface area contributed by atoms with Gasteiger partial charge < -0.3 is 19.7 Å². The van der Waals surface area contributed by atoms with E-state index in [2.05, 4.69) is 4.72 Å². The fourth-order valence-electron chi connectivity index (χ4n) is 1.63. The highest BCUT2D eigenvalue weighted by Crippen LogP contribution is 2.25. The van der Waals surface area contributed by atoms with Gasteiger partial charge in [0.25, 0.3) is 0 Å². The molecule has 118 valence electrons. The molecule has 1 unspecified atom stereocenters. The lowest BCUT2D eigenvalue weighted by atomic mass is 10.2. The first-order valence-corrected chi connectivity index (χ1v) is 7.37. The van der Waals surface area contributed by atoms with Crippen LogP contribution in [0.15, 0.2) is 23.1 Å². The van der Waals surface area contributed by atoms with E-state index in [4.69, 9.17) is 19.7 Å². The molecule has 1 aromatic carbocycles. The van der Waals surface area contributed by atoms with E-state index in [1.54, 1.807) is 0 Å². The van der Waals surface area contributed by atoms with Gasteiger partial charge in [0.1, 0.15) is 10.6 Å². The standard InChI is InChI=1S/C12H17NO7S/c1-19-7-9(6-14)13-21(17,18)11-5-8(12(15)16)3-4-10(11)20-2/h3-5,9,13-14H,6-7H2,1-2H3,(H,15,16). The Hall–Kier alpha value is -1.68. The molecule has 0 spiro atoms. The molecule has 8 nitrogen and oxygen atoms in total. The van der Waals surface area contributed by atoms with E-state index in [9.17, 15) is 13.2 Å². The first-order chi connectivity index (χ1) is 9.85. The number of hydrogen-bond acceptors (Lipinski definition) is 6. The van der Waals surface area contributed by atoms with Crippen molar-refractivity contribution in [3.8, 4) is 5.75 Å². The van der Waals surface area contributed by atoms with Crippen LogP contribution in [-0.2, 0) is 14.8 Å². The summed E-state index contributed by atoms with van der Waals surface area (Å²) in [5.74, 6) is -1.26. The third-order valence-electron chi connectivity index (χ3n) is 2.61. The Kier molecular flexibility index (Phi) is 6.09. The minimum atomic E-state index is -4.07. The number of aliphatic hydroxyl groups excluding tert-OH is 1. The van der Waals surface area contributed by atoms with Crippen LogP contribution in [0.4, 0.5) is 0 Å². The van der Waals surface area contributed by atoms with Crippen molar-refractivity contribution < 1.29 is 32.9 Å². The van der Waals surface area contributed by atoms with E-state index >= 15 is 0 Å². The zero-order valence-corrected chi connectivity index (χ0v) is 12.4. The third kappa shape index (κ3) is 4.39. The Bertz CT molecular complexity index is 600. The Morgan fingerprint density at radius 2 is 2.05 bits per heavy atom. The summed E-state index contributed by atoms with van der Waals surface area (Å²) in [5, 5.41) is 18.0. The summed E-state index contributed by atoms with van der Waals surface area (Å²) in [4.78, 5) is 10.6. The summed E-state index contributed by atoms with van der Waals surface area (Å²) in [6, 6.07) is 2.63. The van der Waals surface area contributed by atoms with Crippen LogP contribution in [0, 0.1) is 0 Å². The lowest BCUT2D eigenvalue weighted by molar-refractivity contribution is 0.0696. The Balaban J connectivity index is 3.22. The zero-order chi connectivity index (χ0) is 16.0. The highest BCUT2D eigenvalue weighted by molar-refractivity contribution is 7.89. The van der Waals surface area contributed by atoms with Gasteiger partial charge in [0, 0.05) is 7.11 Å². The Labute approximate surface area is 122 Å². The highest BCUT2D eigenvalue weighted by Gasteiger charge is 2.24. The van der Waals surface area contributed by atoms with Crippen molar-refractivity contribution in [1.29, 1.82) is 0 Å². The van der Waals surface area contributed by atoms with Crippen molar-refractivity contribution in [2.24, 2.45) is 0 Å². The van der Waals surface area contributed by atoms with Crippen LogP contribution in [-0.4, -0.2) is 58.1 Å². The highest BCUT2D eigenvalue weighted by atomic mass is 32.2. The number of aromatic carboxylic acids is 1. The quantitative estimate of drug-likeness (QED) is 0.600. The number of ether oxygens (including phenoxy) is 2. The first-order valence-electron chi connectivity index (χ1n) is 5.89. The van der Waals surface area contributed by atoms with Crippen molar-refractivity contribution in [1.82, 2.24) is 4.72 Å². The number of nitrogens with one attached hydrogen (secondary N) is 1. The second kappa shape index (κ2) is 7.36. The van der Waals surface area contributed by atoms with Gasteiger partial charge >= 0.3 is 5.97 Å². The number of methoxy groups -OCH3 is 2. The molecule has 9 heteroatoms. The van der Waals surface area contributed by atoms with Gasteiger partial charge in [-0.2, -0.15) is 0 Å². The molecule has 0 aliphatic heterocycles. The number of carboxylic acids is 1. The van der Waals surface area contributed by atoms with Gasteiger partial charge in [0.05, 0.1) is 31.9 Å².